The molecule has 8 atom stereocenters. The Morgan fingerprint density at radius 1 is 1.03 bits per heavy atom. The zero-order chi connectivity index (χ0) is 26.9. The minimum absolute atomic E-state index is 0.207. The first kappa shape index (κ1) is 25.3. The number of hydrogen-bond acceptors (Lipinski definition) is 8. The van der Waals surface area contributed by atoms with Crippen LogP contribution < -0.4 is 0 Å². The molecule has 0 N–H and O–H groups in total. The molecule has 36 heavy (non-hydrogen) atoms. The summed E-state index contributed by atoms with van der Waals surface area (Å²) in [6, 6.07) is 0. The van der Waals surface area contributed by atoms with Gasteiger partial charge in [0.1, 0.15) is 12.4 Å². The molecule has 0 radical (unpaired) electrons. The maximum absolute atomic E-state index is 14.3. The Bertz CT molecular complexity index is 1170. The number of aldehydes is 1. The van der Waals surface area contributed by atoms with Crippen molar-refractivity contribution in [3.8, 4) is 0 Å². The molecular weight excluding hydrogens is 464 g/mol. The lowest BCUT2D eigenvalue weighted by Gasteiger charge is -2.68. The van der Waals surface area contributed by atoms with Gasteiger partial charge in [0.05, 0.1) is 23.5 Å². The molecule has 0 aromatic rings. The normalized spacial score (nSPS) is 50.1. The van der Waals surface area contributed by atoms with Crippen LogP contribution in [0.5, 0.6) is 0 Å². The van der Waals surface area contributed by atoms with Gasteiger partial charge < -0.3 is 19.0 Å². The maximum atomic E-state index is 14.3. The Hall–Kier alpha value is -2.35. The molecule has 196 valence electrons. The van der Waals surface area contributed by atoms with Gasteiger partial charge in [-0.15, -0.1) is 0 Å². The number of fused-ring (bicyclic) bond motifs is 5. The smallest absolute Gasteiger partial charge is 0.321 e. The van der Waals surface area contributed by atoms with Crippen molar-refractivity contribution >= 4 is 29.8 Å². The lowest BCUT2D eigenvalue weighted by atomic mass is 9.34. The molecular formula is C28H36O8. The zero-order valence-electron chi connectivity index (χ0n) is 22.4. The van der Waals surface area contributed by atoms with E-state index in [1.165, 1.54) is 21.0 Å². The Kier molecular flexibility index (Phi) is 4.74. The first-order chi connectivity index (χ1) is 16.5. The highest BCUT2D eigenvalue weighted by Gasteiger charge is 2.93. The van der Waals surface area contributed by atoms with Crippen LogP contribution in [0.1, 0.15) is 74.1 Å². The maximum Gasteiger partial charge on any atom is 0.321 e. The molecule has 0 unspecified atom stereocenters. The summed E-state index contributed by atoms with van der Waals surface area (Å²) in [5.41, 5.74) is -8.38. The van der Waals surface area contributed by atoms with Gasteiger partial charge in [0.2, 0.25) is 0 Å². The monoisotopic (exact) mass is 500 g/mol. The van der Waals surface area contributed by atoms with Gasteiger partial charge in [-0.2, -0.15) is 0 Å². The van der Waals surface area contributed by atoms with E-state index in [-0.39, 0.29) is 18.0 Å². The fraction of sp³-hybridized carbons (Fsp3) is 0.750. The van der Waals surface area contributed by atoms with E-state index < -0.39 is 55.8 Å². The van der Waals surface area contributed by atoms with Gasteiger partial charge >= 0.3 is 11.9 Å². The van der Waals surface area contributed by atoms with Crippen molar-refractivity contribution in [3.63, 3.8) is 0 Å². The van der Waals surface area contributed by atoms with Gasteiger partial charge in [-0.1, -0.05) is 32.4 Å². The summed E-state index contributed by atoms with van der Waals surface area (Å²) in [6.45, 7) is 12.1. The Morgan fingerprint density at radius 3 is 2.19 bits per heavy atom. The topological polar surface area (TPSA) is 113 Å². The third-order valence-electron chi connectivity index (χ3n) is 11.3. The van der Waals surface area contributed by atoms with E-state index in [0.29, 0.717) is 31.3 Å². The van der Waals surface area contributed by atoms with Crippen LogP contribution in [-0.4, -0.2) is 54.2 Å². The summed E-state index contributed by atoms with van der Waals surface area (Å²) in [5, 5.41) is 0. The van der Waals surface area contributed by atoms with Crippen molar-refractivity contribution in [2.45, 2.75) is 91.5 Å². The molecule has 0 spiro atoms. The number of methoxy groups -OCH3 is 1. The molecule has 0 aromatic carbocycles. The molecule has 4 fully saturated rings. The minimum atomic E-state index is -1.82. The van der Waals surface area contributed by atoms with E-state index in [4.69, 9.17) is 14.2 Å². The highest BCUT2D eigenvalue weighted by molar-refractivity contribution is 6.31. The van der Waals surface area contributed by atoms with Crippen molar-refractivity contribution < 1.29 is 38.2 Å². The molecule has 5 rings (SSSR count). The summed E-state index contributed by atoms with van der Waals surface area (Å²) < 4.78 is 17.3. The summed E-state index contributed by atoms with van der Waals surface area (Å²) >= 11 is 0. The molecule has 4 aliphatic carbocycles. The lowest BCUT2D eigenvalue weighted by molar-refractivity contribution is -0.228. The van der Waals surface area contributed by atoms with Crippen molar-refractivity contribution in [1.29, 1.82) is 0 Å². The fourth-order valence-electron chi connectivity index (χ4n) is 9.62. The van der Waals surface area contributed by atoms with Crippen LogP contribution in [0.15, 0.2) is 11.6 Å². The van der Waals surface area contributed by atoms with Crippen molar-refractivity contribution in [2.24, 2.45) is 33.0 Å². The average molecular weight is 501 g/mol. The summed E-state index contributed by atoms with van der Waals surface area (Å²) in [5.74, 6) is -2.31. The van der Waals surface area contributed by atoms with Gasteiger partial charge in [-0.25, -0.2) is 0 Å². The van der Waals surface area contributed by atoms with Gasteiger partial charge in [0, 0.05) is 17.8 Å². The largest absolute Gasteiger partial charge is 0.468 e. The number of rotatable bonds is 3. The molecule has 8 nitrogen and oxygen atoms in total. The van der Waals surface area contributed by atoms with Crippen LogP contribution >= 0.6 is 0 Å². The second-order valence-electron chi connectivity index (χ2n) is 12.9. The third kappa shape index (κ3) is 2.19. The fourth-order valence-corrected chi connectivity index (χ4v) is 9.62. The number of carbonyl (C=O) groups is 5. The minimum Gasteiger partial charge on any atom is -0.468 e. The molecule has 5 aliphatic rings. The number of esters is 2. The van der Waals surface area contributed by atoms with Gasteiger partial charge in [-0.05, 0) is 52.4 Å². The van der Waals surface area contributed by atoms with Crippen molar-refractivity contribution in [3.05, 3.63) is 11.6 Å². The molecule has 1 aliphatic heterocycles. The quantitative estimate of drug-likeness (QED) is 0.251. The van der Waals surface area contributed by atoms with Crippen LogP contribution in [0, 0.1) is 33.0 Å². The summed E-state index contributed by atoms with van der Waals surface area (Å²) in [4.78, 5) is 67.1. The molecule has 0 aromatic heterocycles. The van der Waals surface area contributed by atoms with E-state index in [1.807, 2.05) is 26.8 Å². The van der Waals surface area contributed by atoms with Crippen LogP contribution in [0.4, 0.5) is 0 Å². The lowest BCUT2D eigenvalue weighted by Crippen LogP contribution is -2.74. The predicted octanol–water partition coefficient (Wildman–Crippen LogP) is 3.14. The first-order valence-electron chi connectivity index (χ1n) is 12.8. The second kappa shape index (κ2) is 6.74. The number of allylic oxidation sites excluding steroid dienone is 1. The standard InChI is InChI=1S/C28H36O8/c1-15(30)35-18-10-12-27(14-29)16(22(18,2)3)9-11-23(4)17(27)13-24(5)26(7)19(31)25(6,36-24)20(32)28(23,26)21(33)34-8/h13-14,16,18H,9-12H2,1-8H3/t16-,18+,23+,24-,25-,26-,27+,28-/m1/s1. The second-order valence-corrected chi connectivity index (χ2v) is 12.9. The van der Waals surface area contributed by atoms with Crippen molar-refractivity contribution in [2.75, 3.05) is 7.11 Å². The average Bonchev–Trinajstić information content (AvgIpc) is 3.04. The van der Waals surface area contributed by atoms with Crippen molar-refractivity contribution in [1.82, 2.24) is 0 Å². The third-order valence-corrected chi connectivity index (χ3v) is 11.3. The number of ketones is 2. The molecule has 1 saturated heterocycles. The predicted molar refractivity (Wildman–Crippen MR) is 126 cm³/mol. The van der Waals surface area contributed by atoms with Crippen LogP contribution in [-0.2, 0) is 38.2 Å². The Labute approximate surface area is 211 Å². The van der Waals surface area contributed by atoms with Crippen LogP contribution in [0.3, 0.4) is 0 Å². The van der Waals surface area contributed by atoms with Crippen LogP contribution in [0.2, 0.25) is 0 Å². The number of Topliss-reactive ketones (excluding diaryl/α,β-unsaturated/α-hetero) is 2. The van der Waals surface area contributed by atoms with Gasteiger partial charge in [-0.3, -0.25) is 19.2 Å². The van der Waals surface area contributed by atoms with E-state index >= 15 is 0 Å². The van der Waals surface area contributed by atoms with E-state index in [9.17, 15) is 24.0 Å². The summed E-state index contributed by atoms with van der Waals surface area (Å²) in [7, 11) is 1.24. The molecule has 0 amide bonds. The molecule has 2 bridgehead atoms. The van der Waals surface area contributed by atoms with Gasteiger partial charge in [0.15, 0.2) is 22.6 Å². The van der Waals surface area contributed by atoms with Gasteiger partial charge in [0.25, 0.3) is 0 Å². The number of ether oxygens (including phenoxy) is 3. The molecule has 8 heteroatoms. The van der Waals surface area contributed by atoms with E-state index in [0.717, 1.165) is 6.29 Å². The summed E-state index contributed by atoms with van der Waals surface area (Å²) in [6.07, 6.45) is 4.24. The van der Waals surface area contributed by atoms with Crippen LogP contribution in [0.25, 0.3) is 0 Å². The number of carbonyl (C=O) groups excluding carboxylic acids is 5. The number of hydrogen-bond donors (Lipinski definition) is 0. The van der Waals surface area contributed by atoms with E-state index in [1.54, 1.807) is 13.8 Å². The molecule has 3 saturated carbocycles. The molecule has 1 heterocycles. The first-order valence-corrected chi connectivity index (χ1v) is 12.8. The Morgan fingerprint density at radius 2 is 1.67 bits per heavy atom. The van der Waals surface area contributed by atoms with E-state index in [2.05, 4.69) is 0 Å². The zero-order valence-corrected chi connectivity index (χ0v) is 22.4. The SMILES string of the molecule is COC(=O)[C@]12C(=O)[C@]3(C)O[C@](C)(C=C4[C@]5(C=O)CC[C@H](OC(C)=O)C(C)(C)[C@H]5CC[C@@]41C)[C@@]2(C)C3=O. The highest BCUT2D eigenvalue weighted by atomic mass is 16.6. The Balaban J connectivity index is 1.81. The highest BCUT2D eigenvalue weighted by Crippen LogP contribution is 2.80.